The van der Waals surface area contributed by atoms with Gasteiger partial charge in [0.05, 0.1) is 41.7 Å². The molecule has 5 aromatic rings. The van der Waals surface area contributed by atoms with E-state index < -0.39 is 18.3 Å². The summed E-state index contributed by atoms with van der Waals surface area (Å²) >= 11 is 6.56. The molecule has 8 N–H and O–H groups in total. The standard InChI is InChI=1S/C41H44ClN5O8/c1-54-37-21-33(32(42)20-26(37)22-44-23-36(49)30-13-15-35(48)39-31(30)14-16-38(50)46-39)45-40(51)55-18-17-24-7-12-29(25-5-3-2-4-6-25)34(19-24)47(41(52)53)28-10-8-27(43)9-11-28/h2-7,12-16,19-21,27-28,36,44,48-49H,8-11,17-18,22-23,43H2,1H3,(H,45,51)(H,46,50)(H,52,53)/t27?,28?,36-/m1/s1. The van der Waals surface area contributed by atoms with Crippen LogP contribution in [0.1, 0.15) is 48.5 Å². The number of aromatic nitrogens is 1. The number of hydrogen-bond donors (Lipinski definition) is 7. The van der Waals surface area contributed by atoms with Crippen molar-refractivity contribution in [3.8, 4) is 22.6 Å². The number of phenolic OH excluding ortho intramolecular Hbond substituents is 1. The van der Waals surface area contributed by atoms with Gasteiger partial charge in [-0.25, -0.2) is 9.59 Å². The number of phenols is 1. The molecule has 1 heterocycles. The predicted octanol–water partition coefficient (Wildman–Crippen LogP) is 6.93. The minimum atomic E-state index is -1.03. The molecule has 0 aliphatic heterocycles. The first-order chi connectivity index (χ1) is 26.5. The Morgan fingerprint density at radius 1 is 1.02 bits per heavy atom. The Labute approximate surface area is 322 Å². The Morgan fingerprint density at radius 3 is 2.51 bits per heavy atom. The van der Waals surface area contributed by atoms with Crippen molar-refractivity contribution in [3.05, 3.63) is 117 Å². The lowest BCUT2D eigenvalue weighted by molar-refractivity contribution is 0.163. The minimum Gasteiger partial charge on any atom is -0.506 e. The number of fused-ring (bicyclic) bond motifs is 1. The molecule has 2 amide bonds. The van der Waals surface area contributed by atoms with Gasteiger partial charge in [0.25, 0.3) is 0 Å². The fraction of sp³-hybridized carbons (Fsp3) is 0.293. The number of nitrogens with one attached hydrogen (secondary N) is 3. The lowest BCUT2D eigenvalue weighted by Gasteiger charge is -2.35. The van der Waals surface area contributed by atoms with E-state index in [2.05, 4.69) is 15.6 Å². The van der Waals surface area contributed by atoms with Gasteiger partial charge in [-0.05, 0) is 66.6 Å². The van der Waals surface area contributed by atoms with Crippen molar-refractivity contribution in [2.24, 2.45) is 5.73 Å². The van der Waals surface area contributed by atoms with Crippen LogP contribution in [0.4, 0.5) is 21.0 Å². The fourth-order valence-corrected chi connectivity index (χ4v) is 7.27. The summed E-state index contributed by atoms with van der Waals surface area (Å²) < 4.78 is 11.1. The molecule has 0 radical (unpaired) electrons. The molecule has 1 saturated carbocycles. The average Bonchev–Trinajstić information content (AvgIpc) is 3.17. The molecule has 288 valence electrons. The summed E-state index contributed by atoms with van der Waals surface area (Å²) in [6, 6.07) is 24.3. The third kappa shape index (κ3) is 9.38. The molecular weight excluding hydrogens is 726 g/mol. The number of aromatic hydroxyl groups is 1. The first kappa shape index (κ1) is 39.1. The fourth-order valence-electron chi connectivity index (χ4n) is 7.04. The van der Waals surface area contributed by atoms with Crippen molar-refractivity contribution < 1.29 is 34.4 Å². The van der Waals surface area contributed by atoms with E-state index in [0.717, 1.165) is 29.5 Å². The number of methoxy groups -OCH3 is 1. The van der Waals surface area contributed by atoms with Crippen LogP contribution in [-0.4, -0.2) is 64.8 Å². The van der Waals surface area contributed by atoms with E-state index in [1.54, 1.807) is 24.3 Å². The van der Waals surface area contributed by atoms with Crippen LogP contribution in [0.5, 0.6) is 11.5 Å². The van der Waals surface area contributed by atoms with Crippen LogP contribution in [0.2, 0.25) is 5.02 Å². The quantitative estimate of drug-likeness (QED) is 0.0659. The number of aliphatic hydroxyl groups excluding tert-OH is 1. The number of pyridine rings is 1. The van der Waals surface area contributed by atoms with Gasteiger partial charge in [-0.2, -0.15) is 0 Å². The van der Waals surface area contributed by atoms with Crippen molar-refractivity contribution >= 4 is 46.1 Å². The maximum Gasteiger partial charge on any atom is 0.412 e. The van der Waals surface area contributed by atoms with Gasteiger partial charge >= 0.3 is 12.2 Å². The number of carbonyl (C=O) groups excluding carboxylic acids is 1. The van der Waals surface area contributed by atoms with Crippen LogP contribution < -0.4 is 31.6 Å². The topological polar surface area (TPSA) is 199 Å². The lowest BCUT2D eigenvalue weighted by atomic mass is 9.89. The molecule has 14 heteroatoms. The number of carbonyl (C=O) groups is 2. The normalized spacial score (nSPS) is 16.0. The Kier molecular flexibility index (Phi) is 12.6. The SMILES string of the molecule is COc1cc(NC(=O)OCCc2ccc(-c3ccccc3)c(N(C(=O)O)C3CCC(N)CC3)c2)c(Cl)cc1CNC[C@@H](O)c1ccc(O)c2[nH]c(=O)ccc12. The predicted molar refractivity (Wildman–Crippen MR) is 212 cm³/mol. The molecule has 0 spiro atoms. The molecule has 0 unspecified atom stereocenters. The molecule has 1 aromatic heterocycles. The molecule has 1 atom stereocenters. The Hall–Kier alpha value is -5.60. The van der Waals surface area contributed by atoms with Crippen molar-refractivity contribution in [3.63, 3.8) is 0 Å². The largest absolute Gasteiger partial charge is 0.506 e. The zero-order chi connectivity index (χ0) is 39.1. The highest BCUT2D eigenvalue weighted by Gasteiger charge is 2.31. The summed E-state index contributed by atoms with van der Waals surface area (Å²) in [4.78, 5) is 41.4. The second-order valence-electron chi connectivity index (χ2n) is 13.5. The number of nitrogens with two attached hydrogens (primary N) is 1. The van der Waals surface area contributed by atoms with Gasteiger partial charge in [0.2, 0.25) is 5.56 Å². The van der Waals surface area contributed by atoms with Gasteiger partial charge in [-0.15, -0.1) is 0 Å². The number of carboxylic acid groups (broad SMARTS) is 1. The van der Waals surface area contributed by atoms with Crippen molar-refractivity contribution in [2.75, 3.05) is 30.5 Å². The number of H-pyrrole nitrogens is 1. The van der Waals surface area contributed by atoms with Crippen LogP contribution in [0.25, 0.3) is 22.0 Å². The molecule has 6 rings (SSSR count). The highest BCUT2D eigenvalue weighted by molar-refractivity contribution is 6.33. The number of hydrogen-bond acceptors (Lipinski definition) is 9. The molecule has 1 aliphatic rings. The average molecular weight is 770 g/mol. The first-order valence-corrected chi connectivity index (χ1v) is 18.4. The second-order valence-corrected chi connectivity index (χ2v) is 13.9. The summed E-state index contributed by atoms with van der Waals surface area (Å²) in [6.45, 7) is 0.412. The Balaban J connectivity index is 1.08. The molecule has 0 bridgehead atoms. The second kappa shape index (κ2) is 17.7. The molecule has 55 heavy (non-hydrogen) atoms. The summed E-state index contributed by atoms with van der Waals surface area (Å²) in [6.07, 6.45) is 0.466. The van der Waals surface area contributed by atoms with Gasteiger partial charge in [-0.3, -0.25) is 15.0 Å². The van der Waals surface area contributed by atoms with Gasteiger partial charge < -0.3 is 40.8 Å². The van der Waals surface area contributed by atoms with E-state index in [4.69, 9.17) is 26.8 Å². The first-order valence-electron chi connectivity index (χ1n) is 18.0. The number of nitrogens with zero attached hydrogens (tertiary/aromatic N) is 1. The number of benzene rings is 4. The van der Waals surface area contributed by atoms with E-state index >= 15 is 0 Å². The molecule has 1 aliphatic carbocycles. The number of ether oxygens (including phenoxy) is 2. The van der Waals surface area contributed by atoms with Gasteiger partial charge in [0.1, 0.15) is 11.5 Å². The Bertz CT molecular complexity index is 2210. The minimum absolute atomic E-state index is 0.0206. The molecule has 4 aromatic carbocycles. The highest BCUT2D eigenvalue weighted by Crippen LogP contribution is 2.37. The van der Waals surface area contributed by atoms with Gasteiger partial charge in [0.15, 0.2) is 0 Å². The number of anilines is 2. The van der Waals surface area contributed by atoms with Crippen molar-refractivity contribution in [2.45, 2.75) is 56.8 Å². The number of halogens is 1. The number of aliphatic hydroxyl groups is 1. The summed E-state index contributed by atoms with van der Waals surface area (Å²) in [5.74, 6) is 0.338. The monoisotopic (exact) mass is 769 g/mol. The Morgan fingerprint density at radius 2 is 1.78 bits per heavy atom. The summed E-state index contributed by atoms with van der Waals surface area (Å²) in [5.41, 5.74) is 10.5. The number of amides is 2. The van der Waals surface area contributed by atoms with E-state index in [-0.39, 0.29) is 59.3 Å². The summed E-state index contributed by atoms with van der Waals surface area (Å²) in [5, 5.41) is 38.1. The third-order valence-electron chi connectivity index (χ3n) is 9.87. The molecule has 1 fully saturated rings. The van der Waals surface area contributed by atoms with E-state index in [0.29, 0.717) is 47.2 Å². The van der Waals surface area contributed by atoms with Crippen LogP contribution in [0, 0.1) is 0 Å². The highest BCUT2D eigenvalue weighted by atomic mass is 35.5. The smallest absolute Gasteiger partial charge is 0.412 e. The zero-order valence-corrected chi connectivity index (χ0v) is 31.0. The van der Waals surface area contributed by atoms with Crippen molar-refractivity contribution in [1.29, 1.82) is 0 Å². The molecular formula is C41H44ClN5O8. The van der Waals surface area contributed by atoms with E-state index in [1.807, 2.05) is 48.5 Å². The van der Waals surface area contributed by atoms with Gasteiger partial charge in [0, 0.05) is 60.2 Å². The van der Waals surface area contributed by atoms with Crippen LogP contribution in [0.3, 0.4) is 0 Å². The maximum atomic E-state index is 12.9. The number of rotatable bonds is 13. The molecule has 13 nitrogen and oxygen atoms in total. The van der Waals surface area contributed by atoms with Crippen LogP contribution in [-0.2, 0) is 17.7 Å². The van der Waals surface area contributed by atoms with Gasteiger partial charge in [-0.1, -0.05) is 60.1 Å². The summed E-state index contributed by atoms with van der Waals surface area (Å²) in [7, 11) is 1.49. The lowest BCUT2D eigenvalue weighted by Crippen LogP contribution is -2.44. The zero-order valence-electron chi connectivity index (χ0n) is 30.3. The van der Waals surface area contributed by atoms with Crippen LogP contribution in [0.15, 0.2) is 89.7 Å². The molecule has 0 saturated heterocycles. The number of aromatic amines is 1. The van der Waals surface area contributed by atoms with Crippen LogP contribution >= 0.6 is 11.6 Å². The third-order valence-corrected chi connectivity index (χ3v) is 10.2. The maximum absolute atomic E-state index is 12.9. The van der Waals surface area contributed by atoms with E-state index in [1.165, 1.54) is 24.1 Å². The van der Waals surface area contributed by atoms with E-state index in [9.17, 15) is 29.7 Å². The van der Waals surface area contributed by atoms with Crippen molar-refractivity contribution in [1.82, 2.24) is 10.3 Å².